The van der Waals surface area contributed by atoms with Crippen LogP contribution in [0.25, 0.3) is 0 Å². The molecule has 0 aliphatic carbocycles. The van der Waals surface area contributed by atoms with Gasteiger partial charge in [0.1, 0.15) is 54.2 Å². The topological polar surface area (TPSA) is 228 Å². The Bertz CT molecular complexity index is 530. The highest BCUT2D eigenvalue weighted by Crippen LogP contribution is 2.28. The molecule has 1 aliphatic rings. The predicted octanol–water partition coefficient (Wildman–Crippen LogP) is -6.02. The normalized spacial score (nSPS) is 32.8. The lowest BCUT2D eigenvalue weighted by molar-refractivity contribution is -0.100. The second-order valence-corrected chi connectivity index (χ2v) is 9.22. The summed E-state index contributed by atoms with van der Waals surface area (Å²) in [6, 6.07) is 0. The minimum Gasteiger partial charge on any atom is -0.726 e. The lowest BCUT2D eigenvalue weighted by Gasteiger charge is -2.30. The second-order valence-electron chi connectivity index (χ2n) is 5.92. The molecule has 0 aromatic carbocycles. The van der Waals surface area contributed by atoms with Gasteiger partial charge in [0.15, 0.2) is 5.25 Å². The van der Waals surface area contributed by atoms with Gasteiger partial charge in [-0.3, -0.25) is 4.18 Å². The van der Waals surface area contributed by atoms with Crippen molar-refractivity contribution in [3.8, 4) is 0 Å². The smallest absolute Gasteiger partial charge is 0.218 e. The van der Waals surface area contributed by atoms with Crippen molar-refractivity contribution < 1.29 is 58.0 Å². The van der Waals surface area contributed by atoms with E-state index in [1.165, 1.54) is 0 Å². The maximum absolute atomic E-state index is 10.8. The summed E-state index contributed by atoms with van der Waals surface area (Å²) in [4.78, 5) is 0. The first kappa shape index (κ1) is 23.9. The van der Waals surface area contributed by atoms with Crippen LogP contribution in [-0.4, -0.2) is 127 Å². The van der Waals surface area contributed by atoms with Crippen molar-refractivity contribution in [2.45, 2.75) is 48.0 Å². The third-order valence-electron chi connectivity index (χ3n) is 3.98. The Labute approximate surface area is 152 Å². The fourth-order valence-electron chi connectivity index (χ4n) is 2.70. The van der Waals surface area contributed by atoms with Crippen molar-refractivity contribution in [1.82, 2.24) is 0 Å². The first-order valence-corrected chi connectivity index (χ1v) is 10.5. The molecule has 0 spiro atoms. The van der Waals surface area contributed by atoms with Crippen molar-refractivity contribution in [3.63, 3.8) is 0 Å². The summed E-state index contributed by atoms with van der Waals surface area (Å²) < 4.78 is 36.6. The van der Waals surface area contributed by atoms with Gasteiger partial charge in [0, 0.05) is 10.9 Å². The van der Waals surface area contributed by atoms with Gasteiger partial charge < -0.3 is 45.4 Å². The molecule has 0 amide bonds. The molecule has 14 heteroatoms. The van der Waals surface area contributed by atoms with E-state index >= 15 is 0 Å². The van der Waals surface area contributed by atoms with E-state index in [0.29, 0.717) is 0 Å². The number of hydrogen-bond donors (Lipinski definition) is 8. The molecule has 156 valence electrons. The van der Waals surface area contributed by atoms with Gasteiger partial charge >= 0.3 is 0 Å². The van der Waals surface area contributed by atoms with Crippen LogP contribution in [0.2, 0.25) is 0 Å². The SMILES string of the molecule is O=S(=O)([O-])O[C@@H]([C@H](O)[C@H](O)CO)[C@@H](O)C[S+]1C[C@H](O)[C@H](O)[C@H]1[C@H](O)CO. The van der Waals surface area contributed by atoms with Gasteiger partial charge in [-0.15, -0.1) is 0 Å². The Morgan fingerprint density at radius 3 is 2.12 bits per heavy atom. The minimum atomic E-state index is -5.39. The molecular formula is C12H24O12S2. The Balaban J connectivity index is 2.98. The molecule has 0 radical (unpaired) electrons. The first-order valence-electron chi connectivity index (χ1n) is 7.53. The van der Waals surface area contributed by atoms with E-state index in [1.54, 1.807) is 0 Å². The maximum Gasteiger partial charge on any atom is 0.218 e. The van der Waals surface area contributed by atoms with E-state index in [-0.39, 0.29) is 5.75 Å². The summed E-state index contributed by atoms with van der Waals surface area (Å²) in [5, 5.41) is 75.8. The Hall–Kier alpha value is -0.100. The molecule has 1 unspecified atom stereocenters. The van der Waals surface area contributed by atoms with E-state index in [4.69, 9.17) is 10.2 Å². The van der Waals surface area contributed by atoms with E-state index in [9.17, 15) is 43.6 Å². The summed E-state index contributed by atoms with van der Waals surface area (Å²) >= 11 is 0. The monoisotopic (exact) mass is 424 g/mol. The maximum atomic E-state index is 10.8. The Kier molecular flexibility index (Phi) is 9.12. The average Bonchev–Trinajstić information content (AvgIpc) is 2.83. The molecular weight excluding hydrogens is 400 g/mol. The molecule has 1 fully saturated rings. The van der Waals surface area contributed by atoms with Crippen LogP contribution in [0.4, 0.5) is 0 Å². The van der Waals surface area contributed by atoms with Gasteiger partial charge in [0.05, 0.1) is 13.2 Å². The van der Waals surface area contributed by atoms with Crippen LogP contribution in [0.15, 0.2) is 0 Å². The van der Waals surface area contributed by atoms with Gasteiger partial charge in [-0.05, 0) is 0 Å². The van der Waals surface area contributed by atoms with Crippen molar-refractivity contribution in [1.29, 1.82) is 0 Å². The van der Waals surface area contributed by atoms with E-state index < -0.39 is 88.2 Å². The van der Waals surface area contributed by atoms with Crippen molar-refractivity contribution in [3.05, 3.63) is 0 Å². The molecule has 8 N–H and O–H groups in total. The van der Waals surface area contributed by atoms with Crippen LogP contribution < -0.4 is 0 Å². The highest BCUT2D eigenvalue weighted by molar-refractivity contribution is 7.97. The summed E-state index contributed by atoms with van der Waals surface area (Å²) in [5.41, 5.74) is 0. The predicted molar refractivity (Wildman–Crippen MR) is 85.7 cm³/mol. The molecule has 9 atom stereocenters. The molecule has 1 aliphatic heterocycles. The molecule has 1 rings (SSSR count). The highest BCUT2D eigenvalue weighted by atomic mass is 32.3. The van der Waals surface area contributed by atoms with Gasteiger partial charge in [-0.1, -0.05) is 0 Å². The largest absolute Gasteiger partial charge is 0.726 e. The van der Waals surface area contributed by atoms with E-state index in [1.807, 2.05) is 0 Å². The standard InChI is InChI=1S/C12H24O12S2/c13-1-5(15)9(19)11(24-26(21,22)23)8(18)4-25-3-7(17)10(20)12(25)6(16)2-14/h5-20H,1-4H2/t5-,6-,7+,8+,9-,10+,11-,12-,25?/m1/s1. The lowest BCUT2D eigenvalue weighted by Crippen LogP contribution is -2.52. The van der Waals surface area contributed by atoms with Crippen molar-refractivity contribution >= 4 is 21.3 Å². The Morgan fingerprint density at radius 1 is 1.08 bits per heavy atom. The fourth-order valence-corrected chi connectivity index (χ4v) is 6.17. The van der Waals surface area contributed by atoms with Gasteiger partial charge in [0.25, 0.3) is 0 Å². The molecule has 26 heavy (non-hydrogen) atoms. The third kappa shape index (κ3) is 6.22. The molecule has 12 nitrogen and oxygen atoms in total. The molecule has 0 saturated carbocycles. The minimum absolute atomic E-state index is 0.102. The van der Waals surface area contributed by atoms with Crippen LogP contribution in [0.3, 0.4) is 0 Å². The van der Waals surface area contributed by atoms with Crippen molar-refractivity contribution in [2.24, 2.45) is 0 Å². The first-order chi connectivity index (χ1) is 11.9. The number of rotatable bonds is 10. The summed E-state index contributed by atoms with van der Waals surface area (Å²) in [6.45, 7) is -1.75. The number of aliphatic hydroxyl groups is 8. The summed E-state index contributed by atoms with van der Waals surface area (Å²) in [5.74, 6) is -0.527. The zero-order valence-corrected chi connectivity index (χ0v) is 15.1. The third-order valence-corrected chi connectivity index (χ3v) is 7.34. The molecule has 1 saturated heterocycles. The van der Waals surface area contributed by atoms with Crippen LogP contribution >= 0.6 is 0 Å². The zero-order chi connectivity index (χ0) is 20.2. The number of hydrogen-bond acceptors (Lipinski definition) is 12. The van der Waals surface area contributed by atoms with Crippen LogP contribution in [0.1, 0.15) is 0 Å². The zero-order valence-electron chi connectivity index (χ0n) is 13.5. The van der Waals surface area contributed by atoms with Gasteiger partial charge in [-0.2, -0.15) is 0 Å². The van der Waals surface area contributed by atoms with Crippen LogP contribution in [-0.2, 0) is 25.5 Å². The van der Waals surface area contributed by atoms with Gasteiger partial charge in [0.2, 0.25) is 10.4 Å². The lowest BCUT2D eigenvalue weighted by atomic mass is 10.0. The molecule has 1 heterocycles. The Morgan fingerprint density at radius 2 is 1.65 bits per heavy atom. The average molecular weight is 424 g/mol. The highest BCUT2D eigenvalue weighted by Gasteiger charge is 2.54. The molecule has 0 aromatic heterocycles. The fraction of sp³-hybridized carbons (Fsp3) is 1.00. The van der Waals surface area contributed by atoms with Crippen LogP contribution in [0, 0.1) is 0 Å². The van der Waals surface area contributed by atoms with Crippen LogP contribution in [0.5, 0.6) is 0 Å². The van der Waals surface area contributed by atoms with Gasteiger partial charge in [-0.25, -0.2) is 8.42 Å². The summed E-state index contributed by atoms with van der Waals surface area (Å²) in [7, 11) is -6.55. The number of aliphatic hydroxyl groups excluding tert-OH is 8. The van der Waals surface area contributed by atoms with Crippen molar-refractivity contribution in [2.75, 3.05) is 24.7 Å². The molecule has 0 bridgehead atoms. The summed E-state index contributed by atoms with van der Waals surface area (Å²) in [6.07, 6.45) is -12.2. The van der Waals surface area contributed by atoms with E-state index in [0.717, 1.165) is 0 Å². The molecule has 0 aromatic rings. The second kappa shape index (κ2) is 9.90. The quantitative estimate of drug-likeness (QED) is 0.0931. The van der Waals surface area contributed by atoms with E-state index in [2.05, 4.69) is 4.18 Å².